The third kappa shape index (κ3) is 3.75. The van der Waals surface area contributed by atoms with E-state index in [1.54, 1.807) is 12.4 Å². The van der Waals surface area contributed by atoms with Crippen molar-refractivity contribution in [3.8, 4) is 11.5 Å². The molecule has 0 unspecified atom stereocenters. The summed E-state index contributed by atoms with van der Waals surface area (Å²) in [5.74, 6) is 1.43. The summed E-state index contributed by atoms with van der Waals surface area (Å²) in [6, 6.07) is 6.03. The van der Waals surface area contributed by atoms with Gasteiger partial charge in [0.05, 0.1) is 29.7 Å². The molecule has 26 heavy (non-hydrogen) atoms. The van der Waals surface area contributed by atoms with Crippen LogP contribution in [0.15, 0.2) is 41.7 Å². The molecule has 6 nitrogen and oxygen atoms in total. The van der Waals surface area contributed by atoms with Crippen LogP contribution in [0.3, 0.4) is 0 Å². The van der Waals surface area contributed by atoms with Crippen LogP contribution in [0.2, 0.25) is 0 Å². The van der Waals surface area contributed by atoms with Crippen molar-refractivity contribution < 1.29 is 9.22 Å². The monoisotopic (exact) mass is 370 g/mol. The van der Waals surface area contributed by atoms with Crippen molar-refractivity contribution >= 4 is 23.1 Å². The number of rotatable bonds is 6. The van der Waals surface area contributed by atoms with Crippen LogP contribution in [0.4, 0.5) is 0 Å². The van der Waals surface area contributed by atoms with Crippen molar-refractivity contribution in [2.24, 2.45) is 5.92 Å². The maximum Gasteiger partial charge on any atom is 0.176 e. The van der Waals surface area contributed by atoms with E-state index in [0.717, 1.165) is 46.0 Å². The van der Waals surface area contributed by atoms with Crippen LogP contribution in [-0.2, 0) is 15.8 Å². The van der Waals surface area contributed by atoms with E-state index in [9.17, 15) is 0 Å². The Hall–Kier alpha value is -1.96. The average Bonchev–Trinajstić information content (AvgIpc) is 3.05. The Balaban J connectivity index is 1.74. The van der Waals surface area contributed by atoms with Gasteiger partial charge < -0.3 is 4.57 Å². The smallest absolute Gasteiger partial charge is 0.176 e. The van der Waals surface area contributed by atoms with Crippen molar-refractivity contribution in [3.63, 3.8) is 0 Å². The first kappa shape index (κ1) is 17.5. The summed E-state index contributed by atoms with van der Waals surface area (Å²) >= 11 is 1.16. The summed E-state index contributed by atoms with van der Waals surface area (Å²) in [6.07, 6.45) is 12.0. The number of hydrogen-bond acceptors (Lipinski definition) is 6. The first-order valence-corrected chi connectivity index (χ1v) is 9.73. The summed E-state index contributed by atoms with van der Waals surface area (Å²) in [7, 11) is 1.49. The molecule has 0 aromatic carbocycles. The van der Waals surface area contributed by atoms with Crippen molar-refractivity contribution in [2.45, 2.75) is 43.5 Å². The van der Waals surface area contributed by atoms with Gasteiger partial charge in [0.1, 0.15) is 5.65 Å². The molecule has 3 aromatic rings. The Kier molecular flexibility index (Phi) is 5.48. The lowest BCUT2D eigenvalue weighted by molar-refractivity contribution is -0.160. The molecule has 0 atom stereocenters. The summed E-state index contributed by atoms with van der Waals surface area (Å²) in [4.78, 5) is 19.2. The second-order valence-corrected chi connectivity index (χ2v) is 7.39. The van der Waals surface area contributed by atoms with E-state index >= 15 is 0 Å². The fourth-order valence-electron chi connectivity index (χ4n) is 3.67. The van der Waals surface area contributed by atoms with Crippen LogP contribution in [0.1, 0.15) is 32.1 Å². The van der Waals surface area contributed by atoms with E-state index in [2.05, 4.69) is 31.6 Å². The maximum absolute atomic E-state index is 4.96. The van der Waals surface area contributed by atoms with Gasteiger partial charge in [0.15, 0.2) is 5.82 Å². The molecule has 3 aromatic heterocycles. The molecule has 0 bridgehead atoms. The summed E-state index contributed by atoms with van der Waals surface area (Å²) < 4.78 is 7.24. The minimum Gasteiger partial charge on any atom is -0.322 e. The molecule has 1 aliphatic rings. The molecule has 1 saturated carbocycles. The molecule has 136 valence electrons. The van der Waals surface area contributed by atoms with Crippen molar-refractivity contribution in [3.05, 3.63) is 36.8 Å². The number of pyridine rings is 1. The van der Waals surface area contributed by atoms with Gasteiger partial charge in [-0.05, 0) is 37.0 Å². The normalized spacial score (nSPS) is 15.6. The Morgan fingerprint density at radius 1 is 1.12 bits per heavy atom. The molecule has 3 heterocycles. The van der Waals surface area contributed by atoms with E-state index in [1.165, 1.54) is 39.2 Å². The fourth-order valence-corrected chi connectivity index (χ4v) is 4.09. The fraction of sp³-hybridized carbons (Fsp3) is 0.421. The summed E-state index contributed by atoms with van der Waals surface area (Å²) in [5.41, 5.74) is 1.99. The van der Waals surface area contributed by atoms with Crippen molar-refractivity contribution in [2.75, 3.05) is 7.11 Å². The van der Waals surface area contributed by atoms with Gasteiger partial charge in [-0.15, -0.1) is 0 Å². The molecule has 0 saturated heterocycles. The SMILES string of the molecule is COOSc1cnc2c(c1)cc(-c1ncccn1)n2CC1CCCCC1. The molecule has 0 aliphatic heterocycles. The number of fused-ring (bicyclic) bond motifs is 1. The first-order chi connectivity index (χ1) is 12.8. The van der Waals surface area contributed by atoms with Crippen LogP contribution in [0, 0.1) is 5.92 Å². The molecular weight excluding hydrogens is 348 g/mol. The Labute approximate surface area is 157 Å². The van der Waals surface area contributed by atoms with Gasteiger partial charge in [-0.3, -0.25) is 0 Å². The molecule has 0 radical (unpaired) electrons. The Bertz CT molecular complexity index is 863. The molecule has 1 aliphatic carbocycles. The average molecular weight is 370 g/mol. The van der Waals surface area contributed by atoms with E-state index < -0.39 is 0 Å². The minimum atomic E-state index is 0.689. The number of aromatic nitrogens is 4. The highest BCUT2D eigenvalue weighted by Gasteiger charge is 2.20. The second kappa shape index (κ2) is 8.16. The predicted octanol–water partition coefficient (Wildman–Crippen LogP) is 4.66. The molecule has 1 fully saturated rings. The molecule has 0 N–H and O–H groups in total. The molecule has 0 spiro atoms. The third-order valence-electron chi connectivity index (χ3n) is 4.87. The van der Waals surface area contributed by atoms with Gasteiger partial charge in [0.2, 0.25) is 0 Å². The second-order valence-electron chi connectivity index (χ2n) is 6.62. The van der Waals surface area contributed by atoms with E-state index in [-0.39, 0.29) is 0 Å². The summed E-state index contributed by atoms with van der Waals surface area (Å²) in [6.45, 7) is 0.963. The van der Waals surface area contributed by atoms with Gasteiger partial charge in [-0.25, -0.2) is 19.8 Å². The van der Waals surface area contributed by atoms with Gasteiger partial charge in [-0.1, -0.05) is 19.3 Å². The maximum atomic E-state index is 4.96. The lowest BCUT2D eigenvalue weighted by Gasteiger charge is -2.23. The van der Waals surface area contributed by atoms with Crippen LogP contribution in [0.25, 0.3) is 22.6 Å². The highest BCUT2D eigenvalue weighted by Crippen LogP contribution is 2.32. The van der Waals surface area contributed by atoms with Crippen LogP contribution >= 0.6 is 12.0 Å². The topological polar surface area (TPSA) is 62.1 Å². The lowest BCUT2D eigenvalue weighted by Crippen LogP contribution is -2.15. The van der Waals surface area contributed by atoms with Gasteiger partial charge in [0, 0.05) is 30.5 Å². The molecule has 4 rings (SSSR count). The van der Waals surface area contributed by atoms with Crippen molar-refractivity contribution in [1.29, 1.82) is 0 Å². The van der Waals surface area contributed by atoms with Gasteiger partial charge >= 0.3 is 0 Å². The Morgan fingerprint density at radius 3 is 2.69 bits per heavy atom. The number of hydrogen-bond donors (Lipinski definition) is 0. The third-order valence-corrected chi connectivity index (χ3v) is 5.49. The highest BCUT2D eigenvalue weighted by molar-refractivity contribution is 7.94. The van der Waals surface area contributed by atoms with E-state index in [1.807, 2.05) is 12.3 Å². The quantitative estimate of drug-likeness (QED) is 0.357. The van der Waals surface area contributed by atoms with Crippen molar-refractivity contribution in [1.82, 2.24) is 19.5 Å². The zero-order valence-electron chi connectivity index (χ0n) is 14.8. The Morgan fingerprint density at radius 2 is 1.92 bits per heavy atom. The highest BCUT2D eigenvalue weighted by atomic mass is 32.2. The van der Waals surface area contributed by atoms with Gasteiger partial charge in [0.25, 0.3) is 0 Å². The summed E-state index contributed by atoms with van der Waals surface area (Å²) in [5, 5.41) is 1.06. The first-order valence-electron chi connectivity index (χ1n) is 8.99. The minimum absolute atomic E-state index is 0.689. The molecule has 7 heteroatoms. The van der Waals surface area contributed by atoms with Gasteiger partial charge in [-0.2, -0.15) is 4.33 Å². The van der Waals surface area contributed by atoms with E-state index in [0.29, 0.717) is 5.92 Å². The standard InChI is InChI=1S/C19H22N4O2S/c1-24-25-26-16-10-15-11-17(18-20-8-5-9-21-18)23(19(15)22-12-16)13-14-6-3-2-4-7-14/h5,8-12,14H,2-4,6-7,13H2,1H3. The zero-order valence-corrected chi connectivity index (χ0v) is 15.6. The lowest BCUT2D eigenvalue weighted by atomic mass is 9.89. The number of nitrogens with zero attached hydrogens (tertiary/aromatic N) is 4. The molecular formula is C19H22N4O2S. The predicted molar refractivity (Wildman–Crippen MR) is 101 cm³/mol. The zero-order chi connectivity index (χ0) is 17.8. The van der Waals surface area contributed by atoms with Crippen LogP contribution in [0.5, 0.6) is 0 Å². The largest absolute Gasteiger partial charge is 0.322 e. The molecule has 0 amide bonds. The van der Waals surface area contributed by atoms with Crippen LogP contribution in [-0.4, -0.2) is 26.6 Å². The van der Waals surface area contributed by atoms with E-state index in [4.69, 9.17) is 9.32 Å². The van der Waals surface area contributed by atoms with Crippen LogP contribution < -0.4 is 0 Å².